The Kier molecular flexibility index (Phi) is 2.49. The van der Waals surface area contributed by atoms with Gasteiger partial charge in [0, 0.05) is 12.7 Å². The van der Waals surface area contributed by atoms with Crippen molar-refractivity contribution in [3.05, 3.63) is 29.8 Å². The second-order valence-electron chi connectivity index (χ2n) is 2.55. The molecule has 2 N–H and O–H groups in total. The summed E-state index contributed by atoms with van der Waals surface area (Å²) in [6, 6.07) is 7.73. The van der Waals surface area contributed by atoms with E-state index < -0.39 is 0 Å². The molecule has 0 aliphatic heterocycles. The Morgan fingerprint density at radius 2 is 2.18 bits per heavy atom. The minimum Gasteiger partial charge on any atom is -0.389 e. The molecule has 60 valence electrons. The number of benzene rings is 1. The van der Waals surface area contributed by atoms with E-state index in [-0.39, 0.29) is 6.10 Å². The zero-order chi connectivity index (χ0) is 8.27. The summed E-state index contributed by atoms with van der Waals surface area (Å²) >= 11 is 0. The van der Waals surface area contributed by atoms with E-state index in [2.05, 4.69) is 5.32 Å². The van der Waals surface area contributed by atoms with Crippen molar-refractivity contribution in [1.82, 2.24) is 0 Å². The molecular formula is C9H13NO. The molecule has 11 heavy (non-hydrogen) atoms. The molecular weight excluding hydrogens is 138 g/mol. The van der Waals surface area contributed by atoms with Crippen LogP contribution in [-0.2, 0) is 0 Å². The van der Waals surface area contributed by atoms with Crippen molar-refractivity contribution in [2.75, 3.05) is 12.4 Å². The van der Waals surface area contributed by atoms with Crippen LogP contribution in [0, 0.1) is 0 Å². The molecule has 0 saturated carbocycles. The number of anilines is 1. The molecule has 1 rings (SSSR count). The number of nitrogens with one attached hydrogen (secondary N) is 1. The summed E-state index contributed by atoms with van der Waals surface area (Å²) in [6.45, 7) is 1.76. The summed E-state index contributed by atoms with van der Waals surface area (Å²) in [4.78, 5) is 0. The van der Waals surface area contributed by atoms with E-state index in [0.717, 1.165) is 11.3 Å². The van der Waals surface area contributed by atoms with Gasteiger partial charge in [-0.2, -0.15) is 0 Å². The van der Waals surface area contributed by atoms with E-state index in [1.54, 1.807) is 6.92 Å². The lowest BCUT2D eigenvalue weighted by Gasteiger charge is -2.06. The highest BCUT2D eigenvalue weighted by Gasteiger charge is 1.99. The quantitative estimate of drug-likeness (QED) is 0.675. The monoisotopic (exact) mass is 151 g/mol. The molecule has 2 nitrogen and oxygen atoms in total. The fraction of sp³-hybridized carbons (Fsp3) is 0.333. The first-order valence-electron chi connectivity index (χ1n) is 3.70. The van der Waals surface area contributed by atoms with E-state index in [4.69, 9.17) is 0 Å². The number of aliphatic hydroxyl groups excluding tert-OH is 1. The average molecular weight is 151 g/mol. The highest BCUT2D eigenvalue weighted by atomic mass is 16.3. The van der Waals surface area contributed by atoms with E-state index in [0.29, 0.717) is 0 Å². The Balaban J connectivity index is 2.91. The molecule has 0 amide bonds. The van der Waals surface area contributed by atoms with Crippen LogP contribution < -0.4 is 5.32 Å². The zero-order valence-electron chi connectivity index (χ0n) is 6.83. The molecule has 1 aromatic carbocycles. The smallest absolute Gasteiger partial charge is 0.0762 e. The third-order valence-corrected chi connectivity index (χ3v) is 1.66. The topological polar surface area (TPSA) is 32.3 Å². The summed E-state index contributed by atoms with van der Waals surface area (Å²) in [5, 5.41) is 12.2. The van der Waals surface area contributed by atoms with Crippen molar-refractivity contribution in [3.63, 3.8) is 0 Å². The van der Waals surface area contributed by atoms with Gasteiger partial charge in [-0.15, -0.1) is 0 Å². The van der Waals surface area contributed by atoms with Crippen molar-refractivity contribution >= 4 is 5.69 Å². The lowest BCUT2D eigenvalue weighted by molar-refractivity contribution is 0.199. The molecule has 0 fully saturated rings. The van der Waals surface area contributed by atoms with Crippen LogP contribution in [0.4, 0.5) is 5.69 Å². The Morgan fingerprint density at radius 3 is 2.73 bits per heavy atom. The van der Waals surface area contributed by atoms with Crippen LogP contribution in [0.1, 0.15) is 18.6 Å². The normalized spacial score (nSPS) is 12.6. The Hall–Kier alpha value is -1.02. The molecule has 0 radical (unpaired) electrons. The molecule has 1 aromatic rings. The highest BCUT2D eigenvalue weighted by Crippen LogP contribution is 2.15. The Morgan fingerprint density at radius 1 is 1.45 bits per heavy atom. The molecule has 2 heteroatoms. The number of aliphatic hydroxyl groups is 1. The lowest BCUT2D eigenvalue weighted by atomic mass is 10.1. The standard InChI is InChI=1S/C9H13NO/c1-7(11)8-4-3-5-9(6-8)10-2/h3-7,10-11H,1-2H3. The first-order valence-corrected chi connectivity index (χ1v) is 3.70. The van der Waals surface area contributed by atoms with E-state index >= 15 is 0 Å². The van der Waals surface area contributed by atoms with Gasteiger partial charge in [0.25, 0.3) is 0 Å². The molecule has 0 spiro atoms. The molecule has 1 atom stereocenters. The first kappa shape index (κ1) is 8.08. The van der Waals surface area contributed by atoms with Gasteiger partial charge in [0.2, 0.25) is 0 Å². The average Bonchev–Trinajstić information content (AvgIpc) is 2.05. The second kappa shape index (κ2) is 3.39. The maximum absolute atomic E-state index is 9.22. The van der Waals surface area contributed by atoms with E-state index in [1.807, 2.05) is 31.3 Å². The third-order valence-electron chi connectivity index (χ3n) is 1.66. The molecule has 0 aliphatic rings. The largest absolute Gasteiger partial charge is 0.389 e. The highest BCUT2D eigenvalue weighted by molar-refractivity contribution is 5.45. The summed E-state index contributed by atoms with van der Waals surface area (Å²) in [7, 11) is 1.86. The van der Waals surface area contributed by atoms with Crippen molar-refractivity contribution < 1.29 is 5.11 Å². The SMILES string of the molecule is CNc1cccc(C(C)O)c1. The van der Waals surface area contributed by atoms with E-state index in [9.17, 15) is 5.11 Å². The van der Waals surface area contributed by atoms with Gasteiger partial charge in [0.1, 0.15) is 0 Å². The lowest BCUT2D eigenvalue weighted by Crippen LogP contribution is -1.93. The van der Waals surface area contributed by atoms with Crippen LogP contribution in [0.5, 0.6) is 0 Å². The van der Waals surface area contributed by atoms with Gasteiger partial charge in [-0.3, -0.25) is 0 Å². The van der Waals surface area contributed by atoms with Crippen molar-refractivity contribution in [2.24, 2.45) is 0 Å². The van der Waals surface area contributed by atoms with Gasteiger partial charge >= 0.3 is 0 Å². The Bertz CT molecular complexity index is 233. The van der Waals surface area contributed by atoms with Gasteiger partial charge in [-0.25, -0.2) is 0 Å². The van der Waals surface area contributed by atoms with Crippen LogP contribution in [0.15, 0.2) is 24.3 Å². The van der Waals surface area contributed by atoms with Crippen molar-refractivity contribution in [2.45, 2.75) is 13.0 Å². The van der Waals surface area contributed by atoms with Crippen LogP contribution >= 0.6 is 0 Å². The van der Waals surface area contributed by atoms with Gasteiger partial charge in [-0.05, 0) is 24.6 Å². The van der Waals surface area contributed by atoms with Crippen LogP contribution in [0.25, 0.3) is 0 Å². The summed E-state index contributed by atoms with van der Waals surface area (Å²) in [5.41, 5.74) is 1.97. The predicted octanol–water partition coefficient (Wildman–Crippen LogP) is 1.78. The molecule has 0 aromatic heterocycles. The molecule has 1 unspecified atom stereocenters. The number of hydrogen-bond donors (Lipinski definition) is 2. The van der Waals surface area contributed by atoms with Crippen LogP contribution in [-0.4, -0.2) is 12.2 Å². The minimum absolute atomic E-state index is 0.386. The van der Waals surface area contributed by atoms with Gasteiger partial charge < -0.3 is 10.4 Å². The van der Waals surface area contributed by atoms with Crippen molar-refractivity contribution in [3.8, 4) is 0 Å². The number of rotatable bonds is 2. The van der Waals surface area contributed by atoms with Gasteiger partial charge in [0.15, 0.2) is 0 Å². The first-order chi connectivity index (χ1) is 5.24. The van der Waals surface area contributed by atoms with Crippen LogP contribution in [0.3, 0.4) is 0 Å². The molecule has 0 aliphatic carbocycles. The molecule has 0 heterocycles. The Labute approximate surface area is 66.9 Å². The van der Waals surface area contributed by atoms with Crippen molar-refractivity contribution in [1.29, 1.82) is 0 Å². The third kappa shape index (κ3) is 1.95. The maximum atomic E-state index is 9.22. The number of hydrogen-bond acceptors (Lipinski definition) is 2. The second-order valence-corrected chi connectivity index (χ2v) is 2.55. The van der Waals surface area contributed by atoms with E-state index in [1.165, 1.54) is 0 Å². The maximum Gasteiger partial charge on any atom is 0.0762 e. The van der Waals surface area contributed by atoms with Gasteiger partial charge in [0.05, 0.1) is 6.10 Å². The predicted molar refractivity (Wildman–Crippen MR) is 46.6 cm³/mol. The molecule has 0 bridgehead atoms. The fourth-order valence-corrected chi connectivity index (χ4v) is 0.954. The summed E-state index contributed by atoms with van der Waals surface area (Å²) in [6.07, 6.45) is -0.386. The minimum atomic E-state index is -0.386. The molecule has 0 saturated heterocycles. The zero-order valence-corrected chi connectivity index (χ0v) is 6.83. The fourth-order valence-electron chi connectivity index (χ4n) is 0.954. The van der Waals surface area contributed by atoms with Gasteiger partial charge in [-0.1, -0.05) is 12.1 Å². The summed E-state index contributed by atoms with van der Waals surface area (Å²) < 4.78 is 0. The summed E-state index contributed by atoms with van der Waals surface area (Å²) in [5.74, 6) is 0. The van der Waals surface area contributed by atoms with Crippen LogP contribution in [0.2, 0.25) is 0 Å².